The molecule has 4 aromatic rings. The third kappa shape index (κ3) is 5.26. The van der Waals surface area contributed by atoms with E-state index in [0.717, 1.165) is 10.3 Å². The Balaban J connectivity index is 1.65. The van der Waals surface area contributed by atoms with E-state index < -0.39 is 15.9 Å². The number of sulfonamides is 1. The molecule has 0 spiro atoms. The molecule has 0 unspecified atom stereocenters. The number of aromatic nitrogens is 1. The smallest absolute Gasteiger partial charge is 0.279 e. The first kappa shape index (κ1) is 26.1. The summed E-state index contributed by atoms with van der Waals surface area (Å²) in [5, 5.41) is 0.705. The lowest BCUT2D eigenvalue weighted by molar-refractivity contribution is 0.0998. The Kier molecular flexibility index (Phi) is 7.98. The third-order valence-electron chi connectivity index (χ3n) is 5.47. The summed E-state index contributed by atoms with van der Waals surface area (Å²) in [6, 6.07) is 18.6. The van der Waals surface area contributed by atoms with Crippen molar-refractivity contribution in [1.29, 1.82) is 0 Å². The molecule has 10 heteroatoms. The molecule has 0 saturated carbocycles. The lowest BCUT2D eigenvalue weighted by Gasteiger charge is -2.20. The Bertz CT molecular complexity index is 1640. The summed E-state index contributed by atoms with van der Waals surface area (Å²) < 4.78 is 30.2. The molecule has 0 aliphatic rings. The zero-order chi connectivity index (χ0) is 25.9. The highest BCUT2D eigenvalue weighted by Gasteiger charge is 2.23. The van der Waals surface area contributed by atoms with Gasteiger partial charge >= 0.3 is 0 Å². The van der Waals surface area contributed by atoms with E-state index in [0.29, 0.717) is 26.9 Å². The normalized spacial score (nSPS) is 12.2. The number of fused-ring (bicyclic) bond motifs is 1. The molecule has 0 atom stereocenters. The first-order valence-electron chi connectivity index (χ1n) is 10.9. The molecule has 0 N–H and O–H groups in total. The molecule has 184 valence electrons. The van der Waals surface area contributed by atoms with Gasteiger partial charge in [-0.15, -0.1) is 6.42 Å². The van der Waals surface area contributed by atoms with Crippen LogP contribution in [0, 0.1) is 12.3 Å². The first-order valence-corrected chi connectivity index (χ1v) is 13.9. The van der Waals surface area contributed by atoms with Crippen molar-refractivity contribution < 1.29 is 13.2 Å². The van der Waals surface area contributed by atoms with Crippen LogP contribution in [0.15, 0.2) is 76.6 Å². The van der Waals surface area contributed by atoms with Crippen LogP contribution < -0.4 is 4.80 Å². The van der Waals surface area contributed by atoms with E-state index in [9.17, 15) is 13.2 Å². The van der Waals surface area contributed by atoms with E-state index in [1.54, 1.807) is 23.6 Å². The quantitative estimate of drug-likeness (QED) is 0.278. The molecule has 36 heavy (non-hydrogen) atoms. The number of carbonyl (C=O) groups is 1. The van der Waals surface area contributed by atoms with Gasteiger partial charge in [0, 0.05) is 18.7 Å². The van der Waals surface area contributed by atoms with Crippen LogP contribution in [0.1, 0.15) is 22.8 Å². The minimum atomic E-state index is -3.75. The highest BCUT2D eigenvalue weighted by molar-refractivity contribution is 7.89. The van der Waals surface area contributed by atoms with Crippen molar-refractivity contribution in [2.75, 3.05) is 6.54 Å². The Hall–Kier alpha value is -2.93. The molecule has 3 aromatic carbocycles. The summed E-state index contributed by atoms with van der Waals surface area (Å²) in [5.74, 6) is 2.01. The SMILES string of the molecule is C#CCn1c(=NC(=O)c2ccc(S(=O)(=O)N(CC)Cc3ccccc3)cc2)sc2ccc(Cl)c(Cl)c21. The Morgan fingerprint density at radius 3 is 2.42 bits per heavy atom. The van der Waals surface area contributed by atoms with Crippen LogP contribution in [0.2, 0.25) is 10.0 Å². The largest absolute Gasteiger partial charge is 0.303 e. The molecule has 0 aliphatic carbocycles. The number of benzene rings is 3. The minimum absolute atomic E-state index is 0.0995. The zero-order valence-corrected chi connectivity index (χ0v) is 22.3. The van der Waals surface area contributed by atoms with Crippen LogP contribution in [0.3, 0.4) is 0 Å². The maximum absolute atomic E-state index is 13.2. The van der Waals surface area contributed by atoms with Gasteiger partial charge in [-0.05, 0) is 42.0 Å². The molecule has 1 amide bonds. The van der Waals surface area contributed by atoms with Gasteiger partial charge in [0.1, 0.15) is 0 Å². The Morgan fingerprint density at radius 2 is 1.78 bits per heavy atom. The number of nitrogens with zero attached hydrogens (tertiary/aromatic N) is 3. The van der Waals surface area contributed by atoms with Crippen LogP contribution in [0.5, 0.6) is 0 Å². The van der Waals surface area contributed by atoms with Gasteiger partial charge in [0.15, 0.2) is 4.80 Å². The van der Waals surface area contributed by atoms with E-state index in [2.05, 4.69) is 10.9 Å². The van der Waals surface area contributed by atoms with Crippen molar-refractivity contribution in [3.63, 3.8) is 0 Å². The van der Waals surface area contributed by atoms with Crippen molar-refractivity contribution in [2.45, 2.75) is 24.9 Å². The second kappa shape index (κ2) is 11.0. The Labute approximate surface area is 223 Å². The van der Waals surface area contributed by atoms with E-state index in [1.807, 2.05) is 30.3 Å². The van der Waals surface area contributed by atoms with Crippen LogP contribution >= 0.6 is 34.5 Å². The lowest BCUT2D eigenvalue weighted by Crippen LogP contribution is -2.30. The van der Waals surface area contributed by atoms with Crippen LogP contribution in [0.25, 0.3) is 10.2 Å². The van der Waals surface area contributed by atoms with Crippen molar-refractivity contribution in [3.05, 3.63) is 92.7 Å². The molecule has 0 fully saturated rings. The number of carbonyl (C=O) groups excluding carboxylic acids is 1. The van der Waals surface area contributed by atoms with Gasteiger partial charge in [0.25, 0.3) is 5.91 Å². The monoisotopic (exact) mass is 557 g/mol. The summed E-state index contributed by atoms with van der Waals surface area (Å²) in [6.07, 6.45) is 5.52. The average Bonchev–Trinajstić information content (AvgIpc) is 3.23. The molecular weight excluding hydrogens is 537 g/mol. The number of terminal acetylenes is 1. The highest BCUT2D eigenvalue weighted by atomic mass is 35.5. The predicted molar refractivity (Wildman–Crippen MR) is 145 cm³/mol. The maximum Gasteiger partial charge on any atom is 0.279 e. The number of hydrogen-bond donors (Lipinski definition) is 0. The summed E-state index contributed by atoms with van der Waals surface area (Å²) >= 11 is 13.8. The summed E-state index contributed by atoms with van der Waals surface area (Å²) in [5.41, 5.74) is 1.74. The molecule has 0 bridgehead atoms. The highest BCUT2D eigenvalue weighted by Crippen LogP contribution is 2.32. The van der Waals surface area contributed by atoms with Crippen molar-refractivity contribution >= 4 is 60.7 Å². The topological polar surface area (TPSA) is 71.7 Å². The van der Waals surface area contributed by atoms with Gasteiger partial charge in [-0.2, -0.15) is 9.30 Å². The van der Waals surface area contributed by atoms with Crippen molar-refractivity contribution in [1.82, 2.24) is 8.87 Å². The van der Waals surface area contributed by atoms with Crippen molar-refractivity contribution in [3.8, 4) is 12.3 Å². The number of rotatable bonds is 7. The van der Waals surface area contributed by atoms with Gasteiger partial charge in [0.05, 0.1) is 31.7 Å². The number of hydrogen-bond acceptors (Lipinski definition) is 4. The zero-order valence-electron chi connectivity index (χ0n) is 19.2. The van der Waals surface area contributed by atoms with E-state index >= 15 is 0 Å². The fourth-order valence-corrected chi connectivity index (χ4v) is 6.60. The summed E-state index contributed by atoms with van der Waals surface area (Å²) in [6.45, 7) is 2.50. The number of thiazole rings is 1. The minimum Gasteiger partial charge on any atom is -0.303 e. The predicted octanol–water partition coefficient (Wildman–Crippen LogP) is 5.59. The molecule has 0 radical (unpaired) electrons. The second-order valence-electron chi connectivity index (χ2n) is 7.74. The molecule has 1 aromatic heterocycles. The van der Waals surface area contributed by atoms with Gasteiger partial charge in [-0.3, -0.25) is 4.79 Å². The van der Waals surface area contributed by atoms with Crippen LogP contribution in [-0.4, -0.2) is 29.7 Å². The van der Waals surface area contributed by atoms with E-state index in [-0.39, 0.29) is 23.5 Å². The maximum atomic E-state index is 13.2. The first-order chi connectivity index (χ1) is 17.3. The van der Waals surface area contributed by atoms with Crippen LogP contribution in [0.4, 0.5) is 0 Å². The Morgan fingerprint density at radius 1 is 1.08 bits per heavy atom. The molecule has 1 heterocycles. The number of halogens is 2. The fraction of sp³-hybridized carbons (Fsp3) is 0.154. The standard InChI is InChI=1S/C26H21Cl2N3O3S2/c1-3-16-31-24-22(15-14-21(27)23(24)28)35-26(31)29-25(32)19-10-12-20(13-11-19)36(33,34)30(4-2)17-18-8-6-5-7-9-18/h1,5-15H,4,16-17H2,2H3. The molecule has 4 rings (SSSR count). The van der Waals surface area contributed by atoms with Crippen LogP contribution in [-0.2, 0) is 23.1 Å². The summed E-state index contributed by atoms with van der Waals surface area (Å²) in [4.78, 5) is 17.7. The second-order valence-corrected chi connectivity index (χ2v) is 11.5. The van der Waals surface area contributed by atoms with Gasteiger partial charge in [-0.1, -0.05) is 77.7 Å². The van der Waals surface area contributed by atoms with Gasteiger partial charge in [-0.25, -0.2) is 8.42 Å². The molecular formula is C26H21Cl2N3O3S2. The van der Waals surface area contributed by atoms with Gasteiger partial charge < -0.3 is 4.57 Å². The molecule has 0 aliphatic heterocycles. The van der Waals surface area contributed by atoms with Crippen molar-refractivity contribution in [2.24, 2.45) is 4.99 Å². The average molecular weight is 559 g/mol. The molecule has 0 saturated heterocycles. The number of amides is 1. The lowest BCUT2D eigenvalue weighted by atomic mass is 10.2. The molecule has 6 nitrogen and oxygen atoms in total. The van der Waals surface area contributed by atoms with E-state index in [1.165, 1.54) is 39.9 Å². The fourth-order valence-electron chi connectivity index (χ4n) is 3.65. The van der Waals surface area contributed by atoms with Gasteiger partial charge in [0.2, 0.25) is 10.0 Å². The third-order valence-corrected chi connectivity index (χ3v) is 9.25. The summed E-state index contributed by atoms with van der Waals surface area (Å²) in [7, 11) is -3.75. The van der Waals surface area contributed by atoms with E-state index in [4.69, 9.17) is 29.6 Å².